The fourth-order valence-corrected chi connectivity index (χ4v) is 8.50. The Labute approximate surface area is 223 Å². The van der Waals surface area contributed by atoms with Crippen LogP contribution in [0.25, 0.3) is 0 Å². The van der Waals surface area contributed by atoms with E-state index in [4.69, 9.17) is 5.73 Å². The maximum Gasteiger partial charge on any atom is 0.265 e. The standard InChI is InChI=1S/C26H33N3O4S3/c1-5-15-25(17-26(35-4)16-21(30)24(2,34)28(3)23(26)31)19-13-9-10-14-20(19)29(22(25)27)36(32,33)18-11-7-6-8-12-18/h6-14,22,34H,5,15-17,27H2,1-4H3/t22-,24-,25?,26?/m1/s1. The first-order valence-electron chi connectivity index (χ1n) is 11.9. The van der Waals surface area contributed by atoms with Gasteiger partial charge >= 0.3 is 0 Å². The second-order valence-electron chi connectivity index (χ2n) is 9.84. The Morgan fingerprint density at radius 3 is 2.33 bits per heavy atom. The Bertz CT molecular complexity index is 1280. The lowest BCUT2D eigenvalue weighted by Crippen LogP contribution is -2.65. The van der Waals surface area contributed by atoms with Crippen LogP contribution in [-0.4, -0.2) is 54.1 Å². The Morgan fingerprint density at radius 2 is 1.72 bits per heavy atom. The predicted molar refractivity (Wildman–Crippen MR) is 148 cm³/mol. The molecule has 2 unspecified atom stereocenters. The van der Waals surface area contributed by atoms with Crippen molar-refractivity contribution < 1.29 is 18.0 Å². The molecular weight excluding hydrogens is 515 g/mol. The molecule has 4 atom stereocenters. The predicted octanol–water partition coefficient (Wildman–Crippen LogP) is 3.79. The van der Waals surface area contributed by atoms with Gasteiger partial charge in [0.2, 0.25) is 5.91 Å². The van der Waals surface area contributed by atoms with Crippen molar-refractivity contribution in [2.45, 2.75) is 65.6 Å². The van der Waals surface area contributed by atoms with Gasteiger partial charge in [0.15, 0.2) is 5.78 Å². The molecule has 1 amide bonds. The number of hydrogen-bond acceptors (Lipinski definition) is 7. The summed E-state index contributed by atoms with van der Waals surface area (Å²) in [7, 11) is -2.39. The number of likely N-dealkylation sites (tertiary alicyclic amines) is 1. The molecule has 0 bridgehead atoms. The van der Waals surface area contributed by atoms with E-state index >= 15 is 0 Å². The molecule has 1 saturated heterocycles. The third-order valence-electron chi connectivity index (χ3n) is 7.81. The number of hydrogen-bond donors (Lipinski definition) is 2. The van der Waals surface area contributed by atoms with Crippen molar-refractivity contribution in [1.29, 1.82) is 0 Å². The van der Waals surface area contributed by atoms with E-state index in [1.54, 1.807) is 56.4 Å². The Hall–Kier alpha value is -2.01. The summed E-state index contributed by atoms with van der Waals surface area (Å²) in [6.07, 6.45) is 2.37. The zero-order valence-electron chi connectivity index (χ0n) is 21.0. The first-order chi connectivity index (χ1) is 16.9. The van der Waals surface area contributed by atoms with E-state index in [2.05, 4.69) is 12.6 Å². The molecule has 4 rings (SSSR count). The molecule has 2 N–H and O–H groups in total. The number of thiol groups is 1. The number of sulfonamides is 1. The lowest BCUT2D eigenvalue weighted by molar-refractivity contribution is -0.148. The van der Waals surface area contributed by atoms with Crippen LogP contribution < -0.4 is 10.0 Å². The van der Waals surface area contributed by atoms with Crippen LogP contribution in [0.15, 0.2) is 59.5 Å². The first-order valence-corrected chi connectivity index (χ1v) is 15.0. The highest BCUT2D eigenvalue weighted by Gasteiger charge is 2.61. The largest absolute Gasteiger partial charge is 0.323 e. The van der Waals surface area contributed by atoms with E-state index in [1.807, 2.05) is 25.3 Å². The smallest absolute Gasteiger partial charge is 0.265 e. The second-order valence-corrected chi connectivity index (χ2v) is 13.7. The lowest BCUT2D eigenvalue weighted by atomic mass is 9.68. The number of carbonyl (C=O) groups is 2. The Kier molecular flexibility index (Phi) is 7.05. The number of para-hydroxylation sites is 1. The van der Waals surface area contributed by atoms with Crippen LogP contribution in [-0.2, 0) is 25.0 Å². The van der Waals surface area contributed by atoms with Crippen molar-refractivity contribution in [3.63, 3.8) is 0 Å². The molecule has 2 aliphatic heterocycles. The summed E-state index contributed by atoms with van der Waals surface area (Å²) in [6, 6.07) is 15.6. The zero-order valence-corrected chi connectivity index (χ0v) is 23.5. The summed E-state index contributed by atoms with van der Waals surface area (Å²) in [6.45, 7) is 3.65. The molecule has 0 spiro atoms. The number of Topliss-reactive ketones (excluding diaryl/α,β-unsaturated/α-hetero) is 1. The van der Waals surface area contributed by atoms with Crippen LogP contribution in [0.3, 0.4) is 0 Å². The number of benzene rings is 2. The number of thioether (sulfide) groups is 1. The van der Waals surface area contributed by atoms with E-state index in [0.717, 1.165) is 5.56 Å². The van der Waals surface area contributed by atoms with Crippen LogP contribution in [0.4, 0.5) is 5.69 Å². The third-order valence-corrected chi connectivity index (χ3v) is 11.4. The summed E-state index contributed by atoms with van der Waals surface area (Å²) >= 11 is 5.82. The summed E-state index contributed by atoms with van der Waals surface area (Å²) in [4.78, 5) is 27.4. The van der Waals surface area contributed by atoms with Crippen molar-refractivity contribution in [2.75, 3.05) is 17.6 Å². The summed E-state index contributed by atoms with van der Waals surface area (Å²) in [5.74, 6) is -0.348. The average molecular weight is 548 g/mol. The maximum atomic E-state index is 13.9. The third kappa shape index (κ3) is 3.88. The number of nitrogens with zero attached hydrogens (tertiary/aromatic N) is 2. The molecule has 0 aliphatic carbocycles. The van der Waals surface area contributed by atoms with Crippen molar-refractivity contribution in [1.82, 2.24) is 4.90 Å². The molecular formula is C26H33N3O4S3. The summed E-state index contributed by atoms with van der Waals surface area (Å²) in [5.41, 5.74) is 7.35. The molecule has 0 saturated carbocycles. The highest BCUT2D eigenvalue weighted by molar-refractivity contribution is 8.00. The number of amides is 1. The number of nitrogens with two attached hydrogens (primary N) is 1. The number of fused-ring (bicyclic) bond motifs is 1. The van der Waals surface area contributed by atoms with Crippen molar-refractivity contribution in [2.24, 2.45) is 5.73 Å². The second kappa shape index (κ2) is 9.38. The van der Waals surface area contributed by atoms with Gasteiger partial charge in [0.25, 0.3) is 10.0 Å². The molecule has 2 aliphatic rings. The normalized spacial score (nSPS) is 30.6. The number of rotatable bonds is 7. The van der Waals surface area contributed by atoms with Gasteiger partial charge in [-0.15, -0.1) is 24.4 Å². The van der Waals surface area contributed by atoms with Crippen LogP contribution in [0, 0.1) is 0 Å². The van der Waals surface area contributed by atoms with E-state index in [9.17, 15) is 18.0 Å². The highest BCUT2D eigenvalue weighted by atomic mass is 32.2. The Balaban J connectivity index is 1.89. The van der Waals surface area contributed by atoms with Gasteiger partial charge in [0.1, 0.15) is 15.8 Å². The van der Waals surface area contributed by atoms with Crippen LogP contribution in [0.1, 0.15) is 45.1 Å². The number of ketones is 1. The zero-order chi connectivity index (χ0) is 26.5. The summed E-state index contributed by atoms with van der Waals surface area (Å²) in [5, 5.41) is 0. The summed E-state index contributed by atoms with van der Waals surface area (Å²) < 4.78 is 28.0. The molecule has 2 aromatic rings. The van der Waals surface area contributed by atoms with Gasteiger partial charge in [0, 0.05) is 18.9 Å². The SMILES string of the molecule is CCCC1(CC2(SC)CC(=O)[C@@](C)(S)N(C)C2=O)c2ccccc2N(S(=O)(=O)c2ccccc2)[C@H]1N. The monoisotopic (exact) mass is 547 g/mol. The molecule has 0 radical (unpaired) electrons. The van der Waals surface area contributed by atoms with Crippen LogP contribution in [0.2, 0.25) is 0 Å². The average Bonchev–Trinajstić information content (AvgIpc) is 3.10. The van der Waals surface area contributed by atoms with Gasteiger partial charge in [0.05, 0.1) is 10.6 Å². The molecule has 1 fully saturated rings. The fraction of sp³-hybridized carbons (Fsp3) is 0.462. The minimum absolute atomic E-state index is 0.00310. The van der Waals surface area contributed by atoms with Gasteiger partial charge < -0.3 is 10.6 Å². The Morgan fingerprint density at radius 1 is 1.11 bits per heavy atom. The number of likely N-dealkylation sites (N-methyl/N-ethyl adjacent to an activating group) is 1. The van der Waals surface area contributed by atoms with Crippen LogP contribution >= 0.6 is 24.4 Å². The number of carbonyl (C=O) groups excluding carboxylic acids is 2. The maximum absolute atomic E-state index is 13.9. The van der Waals surface area contributed by atoms with E-state index in [-0.39, 0.29) is 29.4 Å². The van der Waals surface area contributed by atoms with E-state index < -0.39 is 31.2 Å². The molecule has 7 nitrogen and oxygen atoms in total. The van der Waals surface area contributed by atoms with Crippen LogP contribution in [0.5, 0.6) is 0 Å². The van der Waals surface area contributed by atoms with E-state index in [1.165, 1.54) is 21.0 Å². The highest BCUT2D eigenvalue weighted by Crippen LogP contribution is 2.56. The molecule has 0 aromatic heterocycles. The molecule has 36 heavy (non-hydrogen) atoms. The number of anilines is 1. The van der Waals surface area contributed by atoms with Crippen molar-refractivity contribution in [3.8, 4) is 0 Å². The minimum atomic E-state index is -3.98. The van der Waals surface area contributed by atoms with Gasteiger partial charge in [-0.3, -0.25) is 9.59 Å². The fourth-order valence-electron chi connectivity index (χ4n) is 5.69. The van der Waals surface area contributed by atoms with Crippen molar-refractivity contribution in [3.05, 3.63) is 60.2 Å². The molecule has 2 aromatic carbocycles. The minimum Gasteiger partial charge on any atom is -0.323 e. The quantitative estimate of drug-likeness (QED) is 0.512. The topological polar surface area (TPSA) is 101 Å². The van der Waals surface area contributed by atoms with Gasteiger partial charge in [-0.1, -0.05) is 49.7 Å². The first kappa shape index (κ1) is 27.0. The molecule has 10 heteroatoms. The van der Waals surface area contributed by atoms with E-state index in [0.29, 0.717) is 18.5 Å². The number of piperidine rings is 1. The molecule has 194 valence electrons. The lowest BCUT2D eigenvalue weighted by Gasteiger charge is -2.50. The molecule has 2 heterocycles. The van der Waals surface area contributed by atoms with Gasteiger partial charge in [-0.2, -0.15) is 0 Å². The van der Waals surface area contributed by atoms with Gasteiger partial charge in [-0.05, 0) is 49.8 Å². The van der Waals surface area contributed by atoms with Gasteiger partial charge in [-0.25, -0.2) is 12.7 Å². The van der Waals surface area contributed by atoms with Crippen molar-refractivity contribution >= 4 is 51.8 Å².